The van der Waals surface area contributed by atoms with Crippen molar-refractivity contribution in [3.05, 3.63) is 23.8 Å². The van der Waals surface area contributed by atoms with Gasteiger partial charge in [-0.2, -0.15) is 5.26 Å². The molecule has 0 heterocycles. The van der Waals surface area contributed by atoms with Crippen LogP contribution in [0, 0.1) is 11.3 Å². The maximum atomic E-state index is 9.10. The van der Waals surface area contributed by atoms with Crippen LogP contribution in [0.4, 0.5) is 11.4 Å². The average molecular weight is 207 g/mol. The number of nitrogens with one attached hydrogen (secondary N) is 1. The monoisotopic (exact) mass is 207 g/mol. The number of nitrogens with two attached hydrogens (primary N) is 1. The Bertz CT molecular complexity index is 373. The molecule has 0 saturated heterocycles. The lowest BCUT2D eigenvalue weighted by atomic mass is 10.2. The molecule has 0 bridgehead atoms. The first-order chi connectivity index (χ1) is 7.17. The Morgan fingerprint density at radius 2 is 2.27 bits per heavy atom. The molecule has 1 rings (SSSR count). The second kappa shape index (κ2) is 5.20. The maximum absolute atomic E-state index is 9.10. The molecule has 5 heteroatoms. The highest BCUT2D eigenvalue weighted by molar-refractivity contribution is 5.61. The van der Waals surface area contributed by atoms with Gasteiger partial charge in [-0.1, -0.05) is 0 Å². The second-order valence-electron chi connectivity index (χ2n) is 3.13. The summed E-state index contributed by atoms with van der Waals surface area (Å²) in [4.78, 5) is 0. The summed E-state index contributed by atoms with van der Waals surface area (Å²) >= 11 is 0. The van der Waals surface area contributed by atoms with Crippen molar-refractivity contribution in [3.8, 4) is 6.07 Å². The van der Waals surface area contributed by atoms with Gasteiger partial charge < -0.3 is 21.3 Å². The summed E-state index contributed by atoms with van der Waals surface area (Å²) < 4.78 is 0. The number of aliphatic hydroxyl groups is 2. The van der Waals surface area contributed by atoms with Crippen LogP contribution in [0.15, 0.2) is 18.2 Å². The molecule has 0 aliphatic carbocycles. The van der Waals surface area contributed by atoms with E-state index in [1.54, 1.807) is 18.2 Å². The molecule has 0 spiro atoms. The predicted octanol–water partition coefficient (Wildman–Crippen LogP) is -0.0944. The molecule has 1 atom stereocenters. The summed E-state index contributed by atoms with van der Waals surface area (Å²) in [6, 6.07) is 6.88. The molecule has 5 nitrogen and oxygen atoms in total. The fourth-order valence-electron chi connectivity index (χ4n) is 1.06. The summed E-state index contributed by atoms with van der Waals surface area (Å²) in [6.07, 6.45) is -0.812. The van der Waals surface area contributed by atoms with Crippen molar-refractivity contribution < 1.29 is 10.2 Å². The Morgan fingerprint density at radius 1 is 1.53 bits per heavy atom. The van der Waals surface area contributed by atoms with Gasteiger partial charge in [-0.05, 0) is 18.2 Å². The van der Waals surface area contributed by atoms with Crippen LogP contribution in [0.1, 0.15) is 5.56 Å². The van der Waals surface area contributed by atoms with Gasteiger partial charge in [0.1, 0.15) is 6.07 Å². The summed E-state index contributed by atoms with van der Waals surface area (Å²) in [7, 11) is 0. The second-order valence-corrected chi connectivity index (χ2v) is 3.13. The molecule has 0 fully saturated rings. The zero-order valence-corrected chi connectivity index (χ0v) is 8.14. The van der Waals surface area contributed by atoms with E-state index in [-0.39, 0.29) is 13.2 Å². The molecular formula is C10H13N3O2. The molecule has 1 aromatic carbocycles. The van der Waals surface area contributed by atoms with E-state index in [2.05, 4.69) is 5.32 Å². The van der Waals surface area contributed by atoms with E-state index in [4.69, 9.17) is 21.2 Å². The highest BCUT2D eigenvalue weighted by Gasteiger charge is 2.03. The predicted molar refractivity (Wildman–Crippen MR) is 57.2 cm³/mol. The van der Waals surface area contributed by atoms with Crippen LogP contribution in [0.3, 0.4) is 0 Å². The SMILES string of the molecule is N#Cc1cc(NCC(O)CO)ccc1N. The molecular weight excluding hydrogens is 194 g/mol. The smallest absolute Gasteiger partial charge is 0.101 e. The number of rotatable bonds is 4. The molecule has 0 saturated carbocycles. The third-order valence-corrected chi connectivity index (χ3v) is 1.93. The Balaban J connectivity index is 2.67. The number of hydrogen-bond donors (Lipinski definition) is 4. The highest BCUT2D eigenvalue weighted by atomic mass is 16.3. The van der Waals surface area contributed by atoms with Crippen LogP contribution < -0.4 is 11.1 Å². The molecule has 15 heavy (non-hydrogen) atoms. The molecule has 0 radical (unpaired) electrons. The quantitative estimate of drug-likeness (QED) is 0.516. The lowest BCUT2D eigenvalue weighted by Gasteiger charge is -2.10. The van der Waals surface area contributed by atoms with Gasteiger partial charge >= 0.3 is 0 Å². The van der Waals surface area contributed by atoms with Gasteiger partial charge in [0.15, 0.2) is 0 Å². The molecule has 0 aliphatic heterocycles. The van der Waals surface area contributed by atoms with Gasteiger partial charge in [0, 0.05) is 17.9 Å². The molecule has 80 valence electrons. The van der Waals surface area contributed by atoms with Gasteiger partial charge in [0.2, 0.25) is 0 Å². The zero-order valence-electron chi connectivity index (χ0n) is 8.14. The molecule has 1 aromatic rings. The largest absolute Gasteiger partial charge is 0.398 e. The van der Waals surface area contributed by atoms with Crippen molar-refractivity contribution in [1.29, 1.82) is 5.26 Å². The topological polar surface area (TPSA) is 102 Å². The van der Waals surface area contributed by atoms with Crippen LogP contribution in [-0.2, 0) is 0 Å². The first-order valence-corrected chi connectivity index (χ1v) is 4.49. The van der Waals surface area contributed by atoms with Crippen molar-refractivity contribution in [3.63, 3.8) is 0 Å². The number of benzene rings is 1. The van der Waals surface area contributed by atoms with Crippen molar-refractivity contribution in [2.75, 3.05) is 24.2 Å². The fraction of sp³-hybridized carbons (Fsp3) is 0.300. The van der Waals surface area contributed by atoms with Crippen LogP contribution >= 0.6 is 0 Å². The van der Waals surface area contributed by atoms with Gasteiger partial charge in [0.05, 0.1) is 18.3 Å². The Labute approximate surface area is 87.8 Å². The van der Waals surface area contributed by atoms with Crippen molar-refractivity contribution >= 4 is 11.4 Å². The third kappa shape index (κ3) is 3.13. The molecule has 5 N–H and O–H groups in total. The van der Waals surface area contributed by atoms with Crippen LogP contribution in [0.25, 0.3) is 0 Å². The van der Waals surface area contributed by atoms with Gasteiger partial charge in [0.25, 0.3) is 0 Å². The number of nitriles is 1. The normalized spacial score (nSPS) is 11.8. The zero-order chi connectivity index (χ0) is 11.3. The van der Waals surface area contributed by atoms with E-state index in [1.165, 1.54) is 0 Å². The van der Waals surface area contributed by atoms with Crippen LogP contribution in [0.5, 0.6) is 0 Å². The number of anilines is 2. The summed E-state index contributed by atoms with van der Waals surface area (Å²) in [5, 5.41) is 29.3. The maximum Gasteiger partial charge on any atom is 0.101 e. The Hall–Kier alpha value is -1.77. The third-order valence-electron chi connectivity index (χ3n) is 1.93. The Kier molecular flexibility index (Phi) is 3.92. The van der Waals surface area contributed by atoms with Crippen molar-refractivity contribution in [1.82, 2.24) is 0 Å². The van der Waals surface area contributed by atoms with Gasteiger partial charge in [-0.3, -0.25) is 0 Å². The number of hydrogen-bond acceptors (Lipinski definition) is 5. The van der Waals surface area contributed by atoms with E-state index in [1.807, 2.05) is 6.07 Å². The average Bonchev–Trinajstić information content (AvgIpc) is 2.27. The highest BCUT2D eigenvalue weighted by Crippen LogP contribution is 2.16. The molecule has 0 aromatic heterocycles. The van der Waals surface area contributed by atoms with E-state index in [0.29, 0.717) is 16.9 Å². The first-order valence-electron chi connectivity index (χ1n) is 4.49. The van der Waals surface area contributed by atoms with E-state index < -0.39 is 6.10 Å². The number of nitrogens with zero attached hydrogens (tertiary/aromatic N) is 1. The molecule has 1 unspecified atom stereocenters. The molecule has 0 aliphatic rings. The Morgan fingerprint density at radius 3 is 2.87 bits per heavy atom. The van der Waals surface area contributed by atoms with Gasteiger partial charge in [-0.25, -0.2) is 0 Å². The summed E-state index contributed by atoms with van der Waals surface area (Å²) in [5.74, 6) is 0. The summed E-state index contributed by atoms with van der Waals surface area (Å²) in [6.45, 7) is -0.0711. The number of aliphatic hydroxyl groups excluding tert-OH is 2. The van der Waals surface area contributed by atoms with Crippen molar-refractivity contribution in [2.24, 2.45) is 0 Å². The summed E-state index contributed by atoms with van der Waals surface area (Å²) in [5.41, 5.74) is 7.04. The van der Waals surface area contributed by atoms with Crippen LogP contribution in [-0.4, -0.2) is 29.5 Å². The first kappa shape index (κ1) is 11.3. The standard InChI is InChI=1S/C10H13N3O2/c11-4-7-3-8(1-2-10(7)12)13-5-9(15)6-14/h1-3,9,13-15H,5-6,12H2. The lowest BCUT2D eigenvalue weighted by molar-refractivity contribution is 0.105. The van der Waals surface area contributed by atoms with E-state index in [0.717, 1.165) is 0 Å². The molecule has 0 amide bonds. The minimum atomic E-state index is -0.812. The minimum absolute atomic E-state index is 0.227. The van der Waals surface area contributed by atoms with Gasteiger partial charge in [-0.15, -0.1) is 0 Å². The van der Waals surface area contributed by atoms with E-state index >= 15 is 0 Å². The van der Waals surface area contributed by atoms with E-state index in [9.17, 15) is 0 Å². The lowest BCUT2D eigenvalue weighted by Crippen LogP contribution is -2.22. The number of nitrogen functional groups attached to an aromatic ring is 1. The minimum Gasteiger partial charge on any atom is -0.398 e. The van der Waals surface area contributed by atoms with Crippen LogP contribution in [0.2, 0.25) is 0 Å². The van der Waals surface area contributed by atoms with Crippen molar-refractivity contribution in [2.45, 2.75) is 6.10 Å². The fourth-order valence-corrected chi connectivity index (χ4v) is 1.06.